The fourth-order valence-electron chi connectivity index (χ4n) is 9.97. The zero-order valence-corrected chi connectivity index (χ0v) is 38.7. The molecule has 1 aliphatic rings. The summed E-state index contributed by atoms with van der Waals surface area (Å²) in [5.41, 5.74) is 22.6. The fourth-order valence-corrected chi connectivity index (χ4v) is 9.97. The van der Waals surface area contributed by atoms with Gasteiger partial charge in [0, 0.05) is 39.5 Å². The molecule has 448 valence electrons. The minimum atomic E-state index is 0. The number of hydrogen-bond acceptors (Lipinski definition) is 2. The van der Waals surface area contributed by atoms with Crippen molar-refractivity contribution < 1.29 is 0 Å². The second-order valence-corrected chi connectivity index (χ2v) is 18.5. The topological polar surface area (TPSA) is 6.48 Å². The van der Waals surface area contributed by atoms with E-state index in [-0.39, 0.29) is 124 Å². The maximum Gasteiger partial charge on any atom is 0.0464 e. The normalized spacial score (nSPS) is 11.2. The molecule has 0 amide bonds. The Bertz CT molecular complexity index is 2850. The molecule has 0 bridgehead atoms. The van der Waals surface area contributed by atoms with E-state index in [1.54, 1.807) is 0 Å². The van der Waals surface area contributed by atoms with Crippen molar-refractivity contribution >= 4 is 34.1 Å². The molecule has 0 aliphatic heterocycles. The van der Waals surface area contributed by atoms with Crippen molar-refractivity contribution in [2.45, 2.75) is 211 Å². The molecule has 0 N–H and O–H groups in total. The molecule has 8 aromatic rings. The van der Waals surface area contributed by atoms with Crippen LogP contribution in [-0.4, -0.2) is 0 Å². The van der Waals surface area contributed by atoms with Gasteiger partial charge in [-0.3, -0.25) is 0 Å². The summed E-state index contributed by atoms with van der Waals surface area (Å²) in [4.78, 5) is 4.72. The molecule has 80 heavy (non-hydrogen) atoms. The molecule has 0 spiro atoms. The summed E-state index contributed by atoms with van der Waals surface area (Å²) in [6.45, 7) is 13.5. The zero-order valence-electron chi connectivity index (χ0n) is 38.7. The van der Waals surface area contributed by atoms with Gasteiger partial charge in [-0.1, -0.05) is 285 Å². The Hall–Kier alpha value is -6.64. The van der Waals surface area contributed by atoms with Crippen molar-refractivity contribution in [2.24, 2.45) is 0 Å². The minimum Gasteiger partial charge on any atom is -0.310 e. The zero-order chi connectivity index (χ0) is 44.2. The second kappa shape index (κ2) is 39.7. The number of rotatable bonds is 15. The fraction of sp³-hybridized carbons (Fsp3) is 0.385. The van der Waals surface area contributed by atoms with Crippen LogP contribution in [0.3, 0.4) is 0 Å². The van der Waals surface area contributed by atoms with E-state index in [9.17, 15) is 0 Å². The Labute approximate surface area is 500 Å². The first kappa shape index (κ1) is 89.9. The van der Waals surface area contributed by atoms with Crippen molar-refractivity contribution in [3.8, 4) is 33.4 Å². The lowest BCUT2D eigenvalue weighted by Gasteiger charge is -2.28. The maximum absolute atomic E-state index is 2.50. The molecule has 8 aromatic carbocycles. The van der Waals surface area contributed by atoms with Gasteiger partial charge in [0.15, 0.2) is 0 Å². The highest BCUT2D eigenvalue weighted by molar-refractivity contribution is 5.86. The molecule has 1 unspecified atom stereocenters. The molecule has 1 atom stereocenters. The van der Waals surface area contributed by atoms with Crippen LogP contribution in [0.25, 0.3) is 33.4 Å². The molecule has 9 rings (SSSR count). The average Bonchev–Trinajstić information content (AvgIpc) is 3.55. The number of nitrogens with zero attached hydrogens (tertiary/aromatic N) is 2. The van der Waals surface area contributed by atoms with Crippen molar-refractivity contribution in [2.75, 3.05) is 9.80 Å². The molecule has 2 nitrogen and oxygen atoms in total. The van der Waals surface area contributed by atoms with E-state index in [0.29, 0.717) is 0 Å². The largest absolute Gasteiger partial charge is 0.310 e. The number of unbranched alkanes of at least 4 members (excludes halogenated alkanes) is 5. The van der Waals surface area contributed by atoms with Crippen molar-refractivity contribution in [1.29, 1.82) is 0 Å². The lowest BCUT2D eigenvalue weighted by atomic mass is 9.75. The van der Waals surface area contributed by atoms with E-state index in [1.807, 2.05) is 0 Å². The third-order valence-corrected chi connectivity index (χ3v) is 13.6. The van der Waals surface area contributed by atoms with Crippen LogP contribution in [0, 0.1) is 27.7 Å². The van der Waals surface area contributed by atoms with Crippen LogP contribution >= 0.6 is 0 Å². The van der Waals surface area contributed by atoms with Crippen molar-refractivity contribution in [3.05, 3.63) is 215 Å². The Morgan fingerprint density at radius 3 is 1.00 bits per heavy atom. The Kier molecular flexibility index (Phi) is 44.6. The van der Waals surface area contributed by atoms with E-state index in [4.69, 9.17) is 0 Å². The predicted octanol–water partition coefficient (Wildman–Crippen LogP) is 28.4. The standard InChI is InChI=1S/C62H62N2.16CH4/c1-7-8-9-10-11-12-39-62(6)60-42-47(5)21-37-58(60)59-38-28-51(43-61(59)62)50-26-35-55(36-27-50)64(57-18-14-16-46(4)41-57)54-33-24-49(25-34-54)48-22-31-53(32-23-48)63(52-29-19-44(2)20-30-52)56-17-13-15-45(3)40-56;;;;;;;;;;;;;;;;/h13-38,40-43H,7-12,39H2,1-6H3;16*1H4. The van der Waals surface area contributed by atoms with E-state index in [0.717, 1.165) is 34.1 Å². The van der Waals surface area contributed by atoms with E-state index in [2.05, 4.69) is 233 Å². The van der Waals surface area contributed by atoms with Crippen molar-refractivity contribution in [1.82, 2.24) is 0 Å². The van der Waals surface area contributed by atoms with Gasteiger partial charge < -0.3 is 9.80 Å². The summed E-state index contributed by atoms with van der Waals surface area (Å²) >= 11 is 0. The third kappa shape index (κ3) is 19.0. The first-order chi connectivity index (χ1) is 31.2. The summed E-state index contributed by atoms with van der Waals surface area (Å²) in [5.74, 6) is 0. The Balaban J connectivity index is -0.000000540. The molecule has 2 heteroatoms. The molecule has 0 radical (unpaired) electrons. The van der Waals surface area contributed by atoms with Gasteiger partial charge in [-0.15, -0.1) is 0 Å². The SMILES string of the molecule is C.C.C.C.C.C.C.C.C.C.C.C.C.C.C.C.CCCCCCCCC1(C)c2cc(C)ccc2-c2ccc(-c3ccc(N(c4ccc(-c5ccc(N(c6ccc(C)cc6)c6cccc(C)c6)cc5)cc4)c4cccc(C)c4)cc3)cc21. The average molecular weight is 1090 g/mol. The van der Waals surface area contributed by atoms with Crippen LogP contribution in [0.15, 0.2) is 182 Å². The maximum atomic E-state index is 2.50. The van der Waals surface area contributed by atoms with Gasteiger partial charge in [-0.05, 0) is 169 Å². The van der Waals surface area contributed by atoms with Crippen LogP contribution in [-0.2, 0) is 5.41 Å². The van der Waals surface area contributed by atoms with Crippen LogP contribution in [0.4, 0.5) is 34.1 Å². The Morgan fingerprint density at radius 1 is 0.287 bits per heavy atom. The van der Waals surface area contributed by atoms with Crippen LogP contribution in [0.2, 0.25) is 0 Å². The summed E-state index contributed by atoms with van der Waals surface area (Å²) in [6, 6.07) is 67.8. The molecule has 0 saturated carbocycles. The predicted molar refractivity (Wildman–Crippen MR) is 383 cm³/mol. The van der Waals surface area contributed by atoms with Gasteiger partial charge >= 0.3 is 0 Å². The van der Waals surface area contributed by atoms with Gasteiger partial charge in [0.2, 0.25) is 0 Å². The summed E-state index contributed by atoms with van der Waals surface area (Å²) in [5, 5.41) is 0. The molecule has 0 aromatic heterocycles. The van der Waals surface area contributed by atoms with E-state index >= 15 is 0 Å². The summed E-state index contributed by atoms with van der Waals surface area (Å²) in [7, 11) is 0. The smallest absolute Gasteiger partial charge is 0.0464 e. The number of aryl methyl sites for hydroxylation is 4. The van der Waals surface area contributed by atoms with Gasteiger partial charge in [0.25, 0.3) is 0 Å². The third-order valence-electron chi connectivity index (χ3n) is 13.6. The number of benzene rings is 8. The number of anilines is 6. The van der Waals surface area contributed by atoms with Gasteiger partial charge in [-0.2, -0.15) is 0 Å². The first-order valence-electron chi connectivity index (χ1n) is 23.6. The van der Waals surface area contributed by atoms with Gasteiger partial charge in [0.1, 0.15) is 0 Å². The molecule has 0 fully saturated rings. The lowest BCUT2D eigenvalue weighted by molar-refractivity contribution is 0.480. The van der Waals surface area contributed by atoms with Crippen LogP contribution < -0.4 is 9.80 Å². The minimum absolute atomic E-state index is 0. The van der Waals surface area contributed by atoms with E-state index < -0.39 is 0 Å². The van der Waals surface area contributed by atoms with Gasteiger partial charge in [0.05, 0.1) is 0 Å². The molecule has 0 heterocycles. The summed E-state index contributed by atoms with van der Waals surface area (Å²) < 4.78 is 0. The number of hydrogen-bond donors (Lipinski definition) is 0. The number of fused-ring (bicyclic) bond motifs is 3. The molecule has 0 saturated heterocycles. The highest BCUT2D eigenvalue weighted by atomic mass is 15.1. The molecular weight excluding hydrogens is 965 g/mol. The second-order valence-electron chi connectivity index (χ2n) is 18.5. The summed E-state index contributed by atoms with van der Waals surface area (Å²) in [6.07, 6.45) is 9.08. The molecule has 1 aliphatic carbocycles. The quantitative estimate of drug-likeness (QED) is 0.0944. The monoisotopic (exact) mass is 1090 g/mol. The Morgan fingerprint density at radius 2 is 0.600 bits per heavy atom. The highest BCUT2D eigenvalue weighted by Gasteiger charge is 2.39. The van der Waals surface area contributed by atoms with Crippen molar-refractivity contribution in [3.63, 3.8) is 0 Å². The lowest BCUT2D eigenvalue weighted by Crippen LogP contribution is -2.21. The molecular formula is C78H126N2. The van der Waals surface area contributed by atoms with Crippen LogP contribution in [0.1, 0.15) is 211 Å². The van der Waals surface area contributed by atoms with E-state index in [1.165, 1.54) is 112 Å². The van der Waals surface area contributed by atoms with Gasteiger partial charge in [-0.25, -0.2) is 0 Å². The first-order valence-corrected chi connectivity index (χ1v) is 23.6. The van der Waals surface area contributed by atoms with Crippen LogP contribution in [0.5, 0.6) is 0 Å². The highest BCUT2D eigenvalue weighted by Crippen LogP contribution is 2.53.